The third-order valence-corrected chi connectivity index (χ3v) is 7.21. The van der Waals surface area contributed by atoms with Crippen molar-refractivity contribution in [3.05, 3.63) is 39.9 Å². The van der Waals surface area contributed by atoms with Crippen LogP contribution < -0.4 is 16.4 Å². The number of hydrogen-bond donors (Lipinski definition) is 6. The number of phenols is 1. The predicted molar refractivity (Wildman–Crippen MR) is 130 cm³/mol. The number of aromatic hydroxyl groups is 1. The SMILES string of the molecule is CN(C)c1cc(N)c(O)c2c1CC1CC3[C@H](N(C)C)C(O)=C(C(N)=O)C(=O)[C@@]3(O)C(O)=C1C2=O.Cl. The van der Waals surface area contributed by atoms with Crippen molar-refractivity contribution < 1.29 is 34.8 Å². The van der Waals surface area contributed by atoms with Crippen molar-refractivity contribution in [2.75, 3.05) is 38.8 Å². The number of primary amides is 1. The zero-order valence-electron chi connectivity index (χ0n) is 19.7. The number of benzene rings is 1. The van der Waals surface area contributed by atoms with E-state index in [-0.39, 0.29) is 42.1 Å². The number of ketones is 2. The molecule has 0 saturated heterocycles. The van der Waals surface area contributed by atoms with Gasteiger partial charge in [-0.15, -0.1) is 12.4 Å². The summed E-state index contributed by atoms with van der Waals surface area (Å²) in [6, 6.07) is 0.522. The van der Waals surface area contributed by atoms with E-state index in [9.17, 15) is 34.8 Å². The number of carbonyl (C=O) groups is 3. The number of fused-ring (bicyclic) bond motifs is 3. The number of nitrogens with two attached hydrogens (primary N) is 2. The number of phenolic OH excluding ortho intramolecular Hbond substituents is 1. The second kappa shape index (κ2) is 8.43. The van der Waals surface area contributed by atoms with Crippen molar-refractivity contribution in [2.24, 2.45) is 17.6 Å². The molecule has 4 atom stereocenters. The molecule has 2 unspecified atom stereocenters. The number of amides is 1. The number of nitrogens with zero attached hydrogens (tertiary/aromatic N) is 2. The fourth-order valence-corrected chi connectivity index (χ4v) is 5.72. The van der Waals surface area contributed by atoms with E-state index in [0.29, 0.717) is 11.3 Å². The highest BCUT2D eigenvalue weighted by Crippen LogP contribution is 2.53. The van der Waals surface area contributed by atoms with Crippen LogP contribution in [-0.2, 0) is 16.0 Å². The summed E-state index contributed by atoms with van der Waals surface area (Å²) in [5.74, 6) is -6.95. The third kappa shape index (κ3) is 3.37. The van der Waals surface area contributed by atoms with Gasteiger partial charge in [-0.2, -0.15) is 0 Å². The molecule has 4 rings (SSSR count). The topological polar surface area (TPSA) is 191 Å². The quantitative estimate of drug-likeness (QED) is 0.186. The lowest BCUT2D eigenvalue weighted by Crippen LogP contribution is -2.63. The standard InChI is InChI=1S/C23H28N4O7.ClH/c1-26(2)12-7-11(24)17(28)14-9(12)5-8-6-10-16(27(3)4)19(30)15(22(25)33)21(32)23(10,34)20(31)13(8)18(14)29;/h7-8,10,16,28,30-31,34H,5-6,24H2,1-4H3,(H2,25,33);1H/t8?,10?,16-,23-;/m0./s1. The summed E-state index contributed by atoms with van der Waals surface area (Å²) >= 11 is 0. The van der Waals surface area contributed by atoms with Crippen LogP contribution in [0.3, 0.4) is 0 Å². The van der Waals surface area contributed by atoms with Crippen molar-refractivity contribution in [1.29, 1.82) is 0 Å². The van der Waals surface area contributed by atoms with E-state index in [0.717, 1.165) is 0 Å². The van der Waals surface area contributed by atoms with Crippen LogP contribution in [0.5, 0.6) is 5.75 Å². The summed E-state index contributed by atoms with van der Waals surface area (Å²) in [7, 11) is 6.68. The number of likely N-dealkylation sites (N-methyl/N-ethyl adjacent to an activating group) is 1. The van der Waals surface area contributed by atoms with Crippen LogP contribution in [0, 0.1) is 11.8 Å². The normalized spacial score (nSPS) is 27.8. The first-order valence-corrected chi connectivity index (χ1v) is 10.7. The molecule has 190 valence electrons. The zero-order valence-corrected chi connectivity index (χ0v) is 20.5. The molecule has 0 fully saturated rings. The Morgan fingerprint density at radius 2 is 1.74 bits per heavy atom. The number of Topliss-reactive ketones (excluding diaryl/α,β-unsaturated/α-hetero) is 2. The van der Waals surface area contributed by atoms with Crippen LogP contribution in [0.1, 0.15) is 22.3 Å². The summed E-state index contributed by atoms with van der Waals surface area (Å²) in [4.78, 5) is 42.1. The molecule has 0 aliphatic heterocycles. The summed E-state index contributed by atoms with van der Waals surface area (Å²) < 4.78 is 0. The molecule has 1 aromatic rings. The Hall–Kier alpha value is -3.28. The number of carbonyl (C=O) groups excluding carboxylic acids is 3. The Morgan fingerprint density at radius 1 is 1.14 bits per heavy atom. The van der Waals surface area contributed by atoms with Crippen LogP contribution in [0.4, 0.5) is 11.4 Å². The van der Waals surface area contributed by atoms with Gasteiger partial charge in [0.15, 0.2) is 11.4 Å². The molecule has 8 N–H and O–H groups in total. The fraction of sp³-hybridized carbons (Fsp3) is 0.435. The van der Waals surface area contributed by atoms with Gasteiger partial charge in [-0.3, -0.25) is 19.3 Å². The molecule has 3 aliphatic rings. The maximum atomic E-state index is 13.6. The van der Waals surface area contributed by atoms with Crippen LogP contribution in [0.15, 0.2) is 28.7 Å². The number of nitrogen functional groups attached to an aromatic ring is 1. The van der Waals surface area contributed by atoms with Crippen LogP contribution in [0.25, 0.3) is 0 Å². The molecular weight excluding hydrogens is 480 g/mol. The number of anilines is 2. The molecule has 0 spiro atoms. The van der Waals surface area contributed by atoms with E-state index < -0.39 is 63.8 Å². The van der Waals surface area contributed by atoms with E-state index >= 15 is 0 Å². The lowest BCUT2D eigenvalue weighted by atomic mass is 9.58. The minimum atomic E-state index is -2.66. The Morgan fingerprint density at radius 3 is 2.26 bits per heavy atom. The van der Waals surface area contributed by atoms with Gasteiger partial charge in [0.2, 0.25) is 5.78 Å². The number of rotatable bonds is 3. The molecule has 35 heavy (non-hydrogen) atoms. The number of aliphatic hydroxyl groups is 3. The molecule has 0 saturated carbocycles. The predicted octanol–water partition coefficient (Wildman–Crippen LogP) is 0.191. The molecule has 0 bridgehead atoms. The largest absolute Gasteiger partial charge is 0.510 e. The molecule has 0 radical (unpaired) electrons. The van der Waals surface area contributed by atoms with Gasteiger partial charge in [0.05, 0.1) is 17.3 Å². The third-order valence-electron chi connectivity index (χ3n) is 7.21. The van der Waals surface area contributed by atoms with Crippen molar-refractivity contribution >= 4 is 41.3 Å². The molecule has 0 aromatic heterocycles. The minimum Gasteiger partial charge on any atom is -0.510 e. The van der Waals surface area contributed by atoms with Gasteiger partial charge in [-0.05, 0) is 44.5 Å². The number of halogens is 1. The average molecular weight is 509 g/mol. The number of hydrogen-bond acceptors (Lipinski definition) is 10. The maximum absolute atomic E-state index is 13.6. The van der Waals surface area contributed by atoms with E-state index in [1.807, 2.05) is 0 Å². The van der Waals surface area contributed by atoms with Gasteiger partial charge >= 0.3 is 0 Å². The lowest BCUT2D eigenvalue weighted by Gasteiger charge is -2.50. The van der Waals surface area contributed by atoms with Gasteiger partial charge in [-0.25, -0.2) is 0 Å². The van der Waals surface area contributed by atoms with Crippen molar-refractivity contribution in [2.45, 2.75) is 24.5 Å². The molecule has 1 amide bonds. The molecule has 0 heterocycles. The summed E-state index contributed by atoms with van der Waals surface area (Å²) in [6.07, 6.45) is 0.236. The highest BCUT2D eigenvalue weighted by Gasteiger charge is 2.63. The smallest absolute Gasteiger partial charge is 0.255 e. The molecule has 1 aromatic carbocycles. The molecule has 11 nitrogen and oxygen atoms in total. The highest BCUT2D eigenvalue weighted by molar-refractivity contribution is 6.25. The van der Waals surface area contributed by atoms with Gasteiger partial charge in [0, 0.05) is 31.3 Å². The second-order valence-corrected chi connectivity index (χ2v) is 9.54. The molecule has 12 heteroatoms. The van der Waals surface area contributed by atoms with Crippen LogP contribution >= 0.6 is 12.4 Å². The number of aliphatic hydroxyl groups excluding tert-OH is 2. The van der Waals surface area contributed by atoms with Gasteiger partial charge in [-0.1, -0.05) is 0 Å². The Labute approximate surface area is 207 Å². The van der Waals surface area contributed by atoms with Crippen LogP contribution in [0.2, 0.25) is 0 Å². The van der Waals surface area contributed by atoms with E-state index in [4.69, 9.17) is 11.5 Å². The summed E-state index contributed by atoms with van der Waals surface area (Å²) in [5.41, 5.74) is 8.51. The second-order valence-electron chi connectivity index (χ2n) is 9.54. The Kier molecular flexibility index (Phi) is 6.34. The van der Waals surface area contributed by atoms with E-state index in [2.05, 4.69) is 0 Å². The summed E-state index contributed by atoms with van der Waals surface area (Å²) in [5, 5.41) is 44.2. The summed E-state index contributed by atoms with van der Waals surface area (Å²) in [6.45, 7) is 0. The van der Waals surface area contributed by atoms with E-state index in [1.165, 1.54) is 4.90 Å². The van der Waals surface area contributed by atoms with Crippen molar-refractivity contribution in [3.63, 3.8) is 0 Å². The Balaban J connectivity index is 0.00000342. The fourth-order valence-electron chi connectivity index (χ4n) is 5.72. The van der Waals surface area contributed by atoms with Crippen molar-refractivity contribution in [1.82, 2.24) is 4.90 Å². The van der Waals surface area contributed by atoms with E-state index in [1.54, 1.807) is 39.2 Å². The highest BCUT2D eigenvalue weighted by atomic mass is 35.5. The molecule has 3 aliphatic carbocycles. The first-order valence-electron chi connectivity index (χ1n) is 10.7. The lowest BCUT2D eigenvalue weighted by molar-refractivity contribution is -0.148. The first-order chi connectivity index (χ1) is 15.7. The van der Waals surface area contributed by atoms with Gasteiger partial charge in [0.1, 0.15) is 22.8 Å². The maximum Gasteiger partial charge on any atom is 0.255 e. The van der Waals surface area contributed by atoms with Gasteiger partial charge in [0.25, 0.3) is 5.91 Å². The minimum absolute atomic E-state index is 0. The zero-order chi connectivity index (χ0) is 25.4. The average Bonchev–Trinajstić information content (AvgIpc) is 2.72. The Bertz CT molecular complexity index is 1220. The monoisotopic (exact) mass is 508 g/mol. The first kappa shape index (κ1) is 26.3. The number of allylic oxidation sites excluding steroid dienone is 1. The van der Waals surface area contributed by atoms with Crippen molar-refractivity contribution in [3.8, 4) is 5.75 Å². The van der Waals surface area contributed by atoms with Crippen LogP contribution in [-0.4, -0.2) is 82.6 Å². The van der Waals surface area contributed by atoms with Gasteiger partial charge < -0.3 is 36.8 Å². The molecular formula is C23H29ClN4O7.